The van der Waals surface area contributed by atoms with Crippen LogP contribution in [0, 0.1) is 74.5 Å². The molecule has 0 saturated heterocycles. The molecular formula is C46H63ClTi. The molecule has 4 aliphatic rings. The molecule has 6 rings (SSSR count). The molecule has 4 aliphatic carbocycles. The summed E-state index contributed by atoms with van der Waals surface area (Å²) in [5.41, 5.74) is 6.27. The molecule has 2 aromatic rings. The van der Waals surface area contributed by atoms with Crippen LogP contribution in [0.4, 0.5) is 0 Å². The van der Waals surface area contributed by atoms with E-state index in [0.29, 0.717) is 35.5 Å². The molecule has 0 nitrogen and oxygen atoms in total. The van der Waals surface area contributed by atoms with Crippen molar-refractivity contribution in [1.82, 2.24) is 0 Å². The van der Waals surface area contributed by atoms with Gasteiger partial charge in [0.2, 0.25) is 0 Å². The molecule has 6 atom stereocenters. The number of halogens is 1. The third-order valence-corrected chi connectivity index (χ3v) is 11.6. The summed E-state index contributed by atoms with van der Waals surface area (Å²) in [7, 11) is 4.64. The zero-order valence-electron chi connectivity index (χ0n) is 31.5. The second kappa shape index (κ2) is 17.4. The van der Waals surface area contributed by atoms with Gasteiger partial charge in [0.25, 0.3) is 0 Å². The van der Waals surface area contributed by atoms with Crippen LogP contribution in [0.1, 0.15) is 84.8 Å². The molecule has 2 aromatic carbocycles. The summed E-state index contributed by atoms with van der Waals surface area (Å²) in [6.07, 6.45) is 24.2. The van der Waals surface area contributed by atoms with Crippen molar-refractivity contribution < 1.29 is 19.4 Å². The Kier molecular flexibility index (Phi) is 15.3. The Bertz CT molecular complexity index is 1320. The predicted octanol–water partition coefficient (Wildman–Crippen LogP) is 13.6. The van der Waals surface area contributed by atoms with Gasteiger partial charge in [0.15, 0.2) is 0 Å². The van der Waals surface area contributed by atoms with Crippen LogP contribution in [-0.2, 0) is 24.8 Å². The first-order valence-electron chi connectivity index (χ1n) is 17.3. The first kappa shape index (κ1) is 42.3. The molecule has 0 aliphatic heterocycles. The molecule has 2 saturated carbocycles. The summed E-state index contributed by atoms with van der Waals surface area (Å²) in [6.45, 7) is 18.4. The Labute approximate surface area is 312 Å². The van der Waals surface area contributed by atoms with E-state index >= 15 is 0 Å². The predicted molar refractivity (Wildman–Crippen MR) is 210 cm³/mol. The third kappa shape index (κ3) is 8.03. The Morgan fingerprint density at radius 1 is 0.688 bits per heavy atom. The van der Waals surface area contributed by atoms with E-state index in [-0.39, 0.29) is 38.5 Å². The molecule has 6 unspecified atom stereocenters. The molecule has 258 valence electrons. The second-order valence-electron chi connectivity index (χ2n) is 16.1. The normalized spacial score (nSPS) is 27.4. The van der Waals surface area contributed by atoms with Crippen molar-refractivity contribution in [3.63, 3.8) is 0 Å². The summed E-state index contributed by atoms with van der Waals surface area (Å²) in [4.78, 5) is 0. The Hall–Kier alpha value is -1.86. The Morgan fingerprint density at radius 3 is 1.52 bits per heavy atom. The van der Waals surface area contributed by atoms with Crippen molar-refractivity contribution >= 4 is 9.30 Å². The zero-order chi connectivity index (χ0) is 32.4. The molecule has 0 heterocycles. The van der Waals surface area contributed by atoms with Crippen LogP contribution in [0.25, 0.3) is 0 Å². The summed E-state index contributed by atoms with van der Waals surface area (Å²) in [5, 5.41) is 0. The van der Waals surface area contributed by atoms with E-state index in [1.54, 1.807) is 0 Å². The van der Waals surface area contributed by atoms with Crippen molar-refractivity contribution in [3.05, 3.63) is 154 Å². The van der Waals surface area contributed by atoms with E-state index in [0.717, 1.165) is 12.3 Å². The SMILES string of the molecule is C=CCCC1CCC(C(c2ccccc2)(c2ccccc2)C2C3C=C(C(C)(C)C)C=CC3C3C=CC(C(C)(C)C)=CC32)C1.[CH3-].[CH3-].[CH3-].[Cl][Ti+3]. The maximum absolute atomic E-state index is 4.64. The number of allylic oxidation sites excluding steroid dienone is 9. The van der Waals surface area contributed by atoms with Gasteiger partial charge in [-0.25, -0.2) is 0 Å². The monoisotopic (exact) mass is 698 g/mol. The van der Waals surface area contributed by atoms with E-state index in [9.17, 15) is 0 Å². The van der Waals surface area contributed by atoms with Gasteiger partial charge in [-0.3, -0.25) is 0 Å². The van der Waals surface area contributed by atoms with E-state index < -0.39 is 0 Å². The van der Waals surface area contributed by atoms with E-state index in [4.69, 9.17) is 0 Å². The molecule has 0 spiro atoms. The van der Waals surface area contributed by atoms with Crippen molar-refractivity contribution in [3.8, 4) is 0 Å². The van der Waals surface area contributed by atoms with Gasteiger partial charge < -0.3 is 22.3 Å². The van der Waals surface area contributed by atoms with E-state index in [2.05, 4.69) is 161 Å². The molecule has 0 radical (unpaired) electrons. The number of hydrogen-bond acceptors (Lipinski definition) is 0. The average Bonchev–Trinajstić information content (AvgIpc) is 3.65. The number of hydrogen-bond donors (Lipinski definition) is 0. The summed E-state index contributed by atoms with van der Waals surface area (Å²) in [6, 6.07) is 23.5. The van der Waals surface area contributed by atoms with Crippen molar-refractivity contribution in [2.75, 3.05) is 0 Å². The van der Waals surface area contributed by atoms with Crippen molar-refractivity contribution in [2.24, 2.45) is 52.3 Å². The van der Waals surface area contributed by atoms with Gasteiger partial charge in [-0.05, 0) is 100 Å². The molecule has 2 heteroatoms. The average molecular weight is 699 g/mol. The zero-order valence-corrected chi connectivity index (χ0v) is 33.8. The van der Waals surface area contributed by atoms with Crippen molar-refractivity contribution in [2.45, 2.75) is 79.1 Å². The van der Waals surface area contributed by atoms with Gasteiger partial charge in [-0.1, -0.05) is 151 Å². The molecule has 2 fully saturated rings. The van der Waals surface area contributed by atoms with Crippen LogP contribution in [0.2, 0.25) is 0 Å². The van der Waals surface area contributed by atoms with Crippen LogP contribution in [-0.4, -0.2) is 0 Å². The van der Waals surface area contributed by atoms with Crippen molar-refractivity contribution in [1.29, 1.82) is 0 Å². The van der Waals surface area contributed by atoms with Gasteiger partial charge in [0.1, 0.15) is 0 Å². The Balaban J connectivity index is 0.00000157. The van der Waals surface area contributed by atoms with Gasteiger partial charge in [-0.15, -0.1) is 6.58 Å². The number of benzene rings is 2. The summed E-state index contributed by atoms with van der Waals surface area (Å²) < 4.78 is 0. The summed E-state index contributed by atoms with van der Waals surface area (Å²) >= 11 is 1.47. The number of fused-ring (bicyclic) bond motifs is 3. The topological polar surface area (TPSA) is 0 Å². The minimum absolute atomic E-state index is 0. The molecular weight excluding hydrogens is 636 g/mol. The van der Waals surface area contributed by atoms with Crippen LogP contribution in [0.3, 0.4) is 0 Å². The van der Waals surface area contributed by atoms with Crippen LogP contribution < -0.4 is 0 Å². The van der Waals surface area contributed by atoms with E-state index in [1.165, 1.54) is 67.3 Å². The molecule has 0 aromatic heterocycles. The quantitative estimate of drug-likeness (QED) is 0.153. The standard InChI is InChI=1S/C43H54.3CH3.ClH.Ti/c1-8-9-16-30-21-22-35(27-30)43(31-17-12-10-13-18-31,32-19-14-11-15-20-32)40-38-28-33(41(2,3)4)23-25-36(38)37-26-24-34(29-39(37)40)42(5,6)7;;;;;/h8,10-15,17-20,23-26,28-30,35-40H,1,9,16,21-22,27H2,2-7H3;3*1H3;1H;/q;3*-1;;+4/p-1. The molecule has 0 N–H and O–H groups in total. The fraction of sp³-hybridized carbons (Fsp3) is 0.457. The fourth-order valence-corrected chi connectivity index (χ4v) is 9.58. The maximum atomic E-state index is 4.64. The minimum atomic E-state index is -0.0663. The van der Waals surface area contributed by atoms with E-state index in [1.807, 2.05) is 0 Å². The molecule has 0 amide bonds. The van der Waals surface area contributed by atoms with Gasteiger partial charge >= 0.3 is 28.7 Å². The van der Waals surface area contributed by atoms with Gasteiger partial charge in [0, 0.05) is 5.41 Å². The first-order chi connectivity index (χ1) is 21.5. The molecule has 48 heavy (non-hydrogen) atoms. The number of rotatable bonds is 7. The summed E-state index contributed by atoms with van der Waals surface area (Å²) in [5.74, 6) is 3.89. The Morgan fingerprint density at radius 2 is 1.12 bits per heavy atom. The van der Waals surface area contributed by atoms with Gasteiger partial charge in [-0.2, -0.15) is 0 Å². The third-order valence-electron chi connectivity index (χ3n) is 11.6. The van der Waals surface area contributed by atoms with Crippen LogP contribution in [0.5, 0.6) is 0 Å². The fourth-order valence-electron chi connectivity index (χ4n) is 9.58. The van der Waals surface area contributed by atoms with Crippen LogP contribution in [0.15, 0.2) is 121 Å². The van der Waals surface area contributed by atoms with Crippen LogP contribution >= 0.6 is 9.30 Å². The second-order valence-corrected chi connectivity index (χ2v) is 16.1. The molecule has 0 bridgehead atoms. The van der Waals surface area contributed by atoms with Gasteiger partial charge in [0.05, 0.1) is 0 Å². The first-order valence-corrected chi connectivity index (χ1v) is 19.4.